The van der Waals surface area contributed by atoms with Gasteiger partial charge in [0.1, 0.15) is 0 Å². The molecule has 0 amide bonds. The summed E-state index contributed by atoms with van der Waals surface area (Å²) in [7, 11) is 0. The molecule has 3 rings (SSSR count). The van der Waals surface area contributed by atoms with E-state index in [0.29, 0.717) is 11.7 Å². The number of hydrogen-bond donors (Lipinski definition) is 0. The van der Waals surface area contributed by atoms with Crippen LogP contribution in [0.15, 0.2) is 28.8 Å². The van der Waals surface area contributed by atoms with Gasteiger partial charge in [-0.15, -0.1) is 0 Å². The fourth-order valence-electron chi connectivity index (χ4n) is 3.02. The van der Waals surface area contributed by atoms with E-state index in [4.69, 9.17) is 4.52 Å². The van der Waals surface area contributed by atoms with Gasteiger partial charge in [-0.2, -0.15) is 4.98 Å². The zero-order chi connectivity index (χ0) is 16.9. The van der Waals surface area contributed by atoms with E-state index in [2.05, 4.69) is 52.8 Å². The zero-order valence-corrected chi connectivity index (χ0v) is 15.0. The molecule has 0 unspecified atom stereocenters. The van der Waals surface area contributed by atoms with Gasteiger partial charge in [-0.05, 0) is 31.9 Å². The molecule has 1 aromatic carbocycles. The van der Waals surface area contributed by atoms with E-state index in [9.17, 15) is 0 Å². The van der Waals surface area contributed by atoms with Gasteiger partial charge < -0.3 is 9.42 Å². The molecule has 1 fully saturated rings. The number of aryl methyl sites for hydroxylation is 1. The van der Waals surface area contributed by atoms with Crippen molar-refractivity contribution in [2.24, 2.45) is 5.92 Å². The fourth-order valence-corrected chi connectivity index (χ4v) is 3.02. The average Bonchev–Trinajstić information content (AvgIpc) is 3.03. The third-order valence-corrected chi connectivity index (χ3v) is 4.59. The molecule has 130 valence electrons. The van der Waals surface area contributed by atoms with E-state index in [0.717, 1.165) is 44.2 Å². The molecule has 2 aromatic rings. The second-order valence-corrected chi connectivity index (χ2v) is 7.18. The average molecular weight is 328 g/mol. The number of rotatable bonds is 6. The summed E-state index contributed by atoms with van der Waals surface area (Å²) < 4.78 is 5.45. The Morgan fingerprint density at radius 3 is 2.58 bits per heavy atom. The Kier molecular flexibility index (Phi) is 5.63. The summed E-state index contributed by atoms with van der Waals surface area (Å²) in [4.78, 5) is 9.52. The third-order valence-electron chi connectivity index (χ3n) is 4.59. The Balaban J connectivity index is 1.51. The van der Waals surface area contributed by atoms with Crippen LogP contribution in [-0.2, 0) is 6.54 Å². The van der Waals surface area contributed by atoms with Crippen LogP contribution in [0.2, 0.25) is 0 Å². The van der Waals surface area contributed by atoms with Gasteiger partial charge >= 0.3 is 0 Å². The molecule has 0 saturated carbocycles. The maximum atomic E-state index is 5.45. The fraction of sp³-hybridized carbons (Fsp3) is 0.579. The van der Waals surface area contributed by atoms with E-state index < -0.39 is 0 Å². The van der Waals surface area contributed by atoms with Crippen molar-refractivity contribution in [1.29, 1.82) is 0 Å². The molecule has 0 atom stereocenters. The normalized spacial score (nSPS) is 16.8. The summed E-state index contributed by atoms with van der Waals surface area (Å²) in [5.41, 5.74) is 2.22. The van der Waals surface area contributed by atoms with Crippen LogP contribution in [0.3, 0.4) is 0 Å². The first-order chi connectivity index (χ1) is 11.6. The summed E-state index contributed by atoms with van der Waals surface area (Å²) in [6.07, 6.45) is 1.28. The SMILES string of the molecule is Cc1cccc(-c2noc(CN3CCN(CCC(C)C)CC3)n2)c1. The minimum Gasteiger partial charge on any atom is -0.338 e. The van der Waals surface area contributed by atoms with E-state index >= 15 is 0 Å². The first-order valence-corrected chi connectivity index (χ1v) is 8.94. The Bertz CT molecular complexity index is 644. The van der Waals surface area contributed by atoms with Crippen molar-refractivity contribution in [3.63, 3.8) is 0 Å². The van der Waals surface area contributed by atoms with Crippen LogP contribution in [0.5, 0.6) is 0 Å². The Morgan fingerprint density at radius 1 is 1.12 bits per heavy atom. The lowest BCUT2D eigenvalue weighted by molar-refractivity contribution is 0.113. The summed E-state index contributed by atoms with van der Waals surface area (Å²) in [6.45, 7) is 13.0. The summed E-state index contributed by atoms with van der Waals surface area (Å²) in [5.74, 6) is 2.17. The molecule has 5 nitrogen and oxygen atoms in total. The maximum absolute atomic E-state index is 5.45. The predicted octanol–water partition coefficient (Wildman–Crippen LogP) is 3.21. The van der Waals surface area contributed by atoms with Crippen LogP contribution in [0.4, 0.5) is 0 Å². The molecule has 1 aliphatic rings. The Morgan fingerprint density at radius 2 is 1.88 bits per heavy atom. The van der Waals surface area contributed by atoms with Gasteiger partial charge in [0.05, 0.1) is 6.54 Å². The quantitative estimate of drug-likeness (QED) is 0.815. The lowest BCUT2D eigenvalue weighted by atomic mass is 10.1. The van der Waals surface area contributed by atoms with E-state index in [1.54, 1.807) is 0 Å². The highest BCUT2D eigenvalue weighted by molar-refractivity contribution is 5.55. The van der Waals surface area contributed by atoms with Gasteiger partial charge in [0.25, 0.3) is 0 Å². The number of aromatic nitrogens is 2. The number of nitrogens with zero attached hydrogens (tertiary/aromatic N) is 4. The number of benzene rings is 1. The Hall–Kier alpha value is -1.72. The highest BCUT2D eigenvalue weighted by Crippen LogP contribution is 2.18. The molecule has 0 bridgehead atoms. The Labute approximate surface area is 144 Å². The van der Waals surface area contributed by atoms with E-state index in [-0.39, 0.29) is 0 Å². The molecule has 1 saturated heterocycles. The molecule has 0 spiro atoms. The van der Waals surface area contributed by atoms with Crippen molar-refractivity contribution in [2.75, 3.05) is 32.7 Å². The minimum absolute atomic E-state index is 0.685. The second kappa shape index (κ2) is 7.90. The van der Waals surface area contributed by atoms with Crippen molar-refractivity contribution in [3.8, 4) is 11.4 Å². The van der Waals surface area contributed by atoms with Crippen LogP contribution in [-0.4, -0.2) is 52.7 Å². The topological polar surface area (TPSA) is 45.4 Å². The largest absolute Gasteiger partial charge is 0.338 e. The number of piperazine rings is 1. The van der Waals surface area contributed by atoms with Crippen molar-refractivity contribution < 1.29 is 4.52 Å². The molecule has 1 aromatic heterocycles. The van der Waals surface area contributed by atoms with Crippen LogP contribution in [0, 0.1) is 12.8 Å². The van der Waals surface area contributed by atoms with Crippen LogP contribution in [0.1, 0.15) is 31.7 Å². The summed E-state index contributed by atoms with van der Waals surface area (Å²) in [6, 6.07) is 8.21. The predicted molar refractivity (Wildman–Crippen MR) is 95.6 cm³/mol. The highest BCUT2D eigenvalue weighted by Gasteiger charge is 2.19. The molecule has 2 heterocycles. The highest BCUT2D eigenvalue weighted by atomic mass is 16.5. The summed E-state index contributed by atoms with van der Waals surface area (Å²) >= 11 is 0. The molecule has 5 heteroatoms. The second-order valence-electron chi connectivity index (χ2n) is 7.18. The molecule has 0 aliphatic carbocycles. The van der Waals surface area contributed by atoms with E-state index in [1.165, 1.54) is 18.5 Å². The van der Waals surface area contributed by atoms with Crippen molar-refractivity contribution >= 4 is 0 Å². The third kappa shape index (κ3) is 4.65. The lowest BCUT2D eigenvalue weighted by Gasteiger charge is -2.34. The lowest BCUT2D eigenvalue weighted by Crippen LogP contribution is -2.46. The minimum atomic E-state index is 0.685. The molecule has 0 N–H and O–H groups in total. The van der Waals surface area contributed by atoms with Gasteiger partial charge in [-0.3, -0.25) is 4.90 Å². The molecular weight excluding hydrogens is 300 g/mol. The van der Waals surface area contributed by atoms with Gasteiger partial charge in [0, 0.05) is 31.7 Å². The van der Waals surface area contributed by atoms with Crippen LogP contribution >= 0.6 is 0 Å². The van der Waals surface area contributed by atoms with Crippen molar-refractivity contribution in [2.45, 2.75) is 33.7 Å². The van der Waals surface area contributed by atoms with E-state index in [1.807, 2.05) is 12.1 Å². The van der Waals surface area contributed by atoms with Crippen LogP contribution in [0.25, 0.3) is 11.4 Å². The molecule has 0 radical (unpaired) electrons. The van der Waals surface area contributed by atoms with Crippen molar-refractivity contribution in [1.82, 2.24) is 19.9 Å². The van der Waals surface area contributed by atoms with Gasteiger partial charge in [-0.25, -0.2) is 0 Å². The standard InChI is InChI=1S/C19H28N4O/c1-15(2)7-8-22-9-11-23(12-10-22)14-18-20-19(21-24-18)17-6-4-5-16(3)13-17/h4-6,13,15H,7-12,14H2,1-3H3. The summed E-state index contributed by atoms with van der Waals surface area (Å²) in [5, 5.41) is 4.13. The molecular formula is C19H28N4O. The monoisotopic (exact) mass is 328 g/mol. The van der Waals surface area contributed by atoms with Gasteiger partial charge in [0.2, 0.25) is 11.7 Å². The molecule has 1 aliphatic heterocycles. The first-order valence-electron chi connectivity index (χ1n) is 8.94. The van der Waals surface area contributed by atoms with Crippen molar-refractivity contribution in [3.05, 3.63) is 35.7 Å². The first kappa shape index (κ1) is 17.1. The smallest absolute Gasteiger partial charge is 0.241 e. The van der Waals surface area contributed by atoms with Crippen LogP contribution < -0.4 is 0 Å². The zero-order valence-electron chi connectivity index (χ0n) is 15.0. The van der Waals surface area contributed by atoms with Gasteiger partial charge in [-0.1, -0.05) is 42.8 Å². The number of hydrogen-bond acceptors (Lipinski definition) is 5. The van der Waals surface area contributed by atoms with Gasteiger partial charge in [0.15, 0.2) is 0 Å². The maximum Gasteiger partial charge on any atom is 0.241 e. The molecule has 24 heavy (non-hydrogen) atoms.